The lowest BCUT2D eigenvalue weighted by Crippen LogP contribution is -2.67. The van der Waals surface area contributed by atoms with Gasteiger partial charge in [-0.2, -0.15) is 0 Å². The Kier molecular flexibility index (Phi) is 3.20. The molecule has 0 radical (unpaired) electrons. The fraction of sp³-hybridized carbons (Fsp3) is 1.00. The standard InChI is InChI=1S/C8H15NO3.ClH/c10-5-7-8(11,12)6-1-3-9(7)4-2-6;/h6-7,10-12H,1-5H2;1H. The summed E-state index contributed by atoms with van der Waals surface area (Å²) in [6.45, 7) is 1.61. The first-order chi connectivity index (χ1) is 5.66. The molecule has 4 nitrogen and oxygen atoms in total. The Morgan fingerprint density at radius 2 is 1.77 bits per heavy atom. The van der Waals surface area contributed by atoms with Crippen LogP contribution in [0.25, 0.3) is 0 Å². The maximum Gasteiger partial charge on any atom is 0.183 e. The van der Waals surface area contributed by atoms with Gasteiger partial charge in [0.05, 0.1) is 12.6 Å². The molecule has 13 heavy (non-hydrogen) atoms. The number of piperidine rings is 3. The Hall–Kier alpha value is 0.130. The highest BCUT2D eigenvalue weighted by molar-refractivity contribution is 5.85. The lowest BCUT2D eigenvalue weighted by Gasteiger charge is -2.52. The summed E-state index contributed by atoms with van der Waals surface area (Å²) in [6.07, 6.45) is 1.67. The molecule has 0 aromatic rings. The van der Waals surface area contributed by atoms with Crippen molar-refractivity contribution in [3.8, 4) is 0 Å². The maximum atomic E-state index is 9.68. The van der Waals surface area contributed by atoms with Crippen molar-refractivity contribution in [1.82, 2.24) is 4.90 Å². The van der Waals surface area contributed by atoms with Gasteiger partial charge in [-0.15, -0.1) is 12.4 Å². The second-order valence-electron chi connectivity index (χ2n) is 3.79. The maximum absolute atomic E-state index is 9.68. The van der Waals surface area contributed by atoms with Crippen molar-refractivity contribution in [2.45, 2.75) is 24.7 Å². The number of hydrogen-bond donors (Lipinski definition) is 3. The van der Waals surface area contributed by atoms with Crippen LogP contribution in [0.5, 0.6) is 0 Å². The highest BCUT2D eigenvalue weighted by atomic mass is 35.5. The lowest BCUT2D eigenvalue weighted by molar-refractivity contribution is -0.285. The number of hydrogen-bond acceptors (Lipinski definition) is 4. The number of halogens is 1. The summed E-state index contributed by atoms with van der Waals surface area (Å²) in [5, 5.41) is 28.3. The van der Waals surface area contributed by atoms with E-state index in [1.54, 1.807) is 0 Å². The van der Waals surface area contributed by atoms with Crippen LogP contribution in [0.4, 0.5) is 0 Å². The SMILES string of the molecule is Cl.OCC1N2CCC(CC2)C1(O)O. The third-order valence-corrected chi connectivity index (χ3v) is 3.23. The molecule has 3 heterocycles. The molecule has 3 N–H and O–H groups in total. The van der Waals surface area contributed by atoms with Crippen LogP contribution in [-0.4, -0.2) is 51.7 Å². The first-order valence-corrected chi connectivity index (χ1v) is 4.46. The molecule has 0 aromatic carbocycles. The van der Waals surface area contributed by atoms with Crippen molar-refractivity contribution >= 4 is 12.4 Å². The Morgan fingerprint density at radius 1 is 1.23 bits per heavy atom. The Labute approximate surface area is 83.6 Å². The van der Waals surface area contributed by atoms with Crippen molar-refractivity contribution in [3.05, 3.63) is 0 Å². The molecular weight excluding hydrogens is 194 g/mol. The third-order valence-electron chi connectivity index (χ3n) is 3.23. The van der Waals surface area contributed by atoms with Gasteiger partial charge in [0.2, 0.25) is 0 Å². The summed E-state index contributed by atoms with van der Waals surface area (Å²) >= 11 is 0. The van der Waals surface area contributed by atoms with Gasteiger partial charge < -0.3 is 15.3 Å². The van der Waals surface area contributed by atoms with Gasteiger partial charge in [0.25, 0.3) is 0 Å². The quantitative estimate of drug-likeness (QED) is 0.494. The molecule has 2 bridgehead atoms. The average molecular weight is 210 g/mol. The van der Waals surface area contributed by atoms with Crippen LogP contribution in [0.3, 0.4) is 0 Å². The van der Waals surface area contributed by atoms with Crippen molar-refractivity contribution in [3.63, 3.8) is 0 Å². The zero-order valence-corrected chi connectivity index (χ0v) is 8.20. The number of fused-ring (bicyclic) bond motifs is 3. The Bertz CT molecular complexity index is 180. The number of nitrogens with zero attached hydrogens (tertiary/aromatic N) is 1. The van der Waals surface area contributed by atoms with Crippen LogP contribution < -0.4 is 0 Å². The molecule has 78 valence electrons. The summed E-state index contributed by atoms with van der Waals surface area (Å²) in [6, 6.07) is -0.468. The second kappa shape index (κ2) is 3.71. The summed E-state index contributed by atoms with van der Waals surface area (Å²) < 4.78 is 0. The molecule has 0 aliphatic carbocycles. The smallest absolute Gasteiger partial charge is 0.183 e. The minimum absolute atomic E-state index is 0. The zero-order chi connectivity index (χ0) is 8.77. The fourth-order valence-electron chi connectivity index (χ4n) is 2.43. The topological polar surface area (TPSA) is 63.9 Å². The summed E-state index contributed by atoms with van der Waals surface area (Å²) in [4.78, 5) is 1.96. The van der Waals surface area contributed by atoms with E-state index in [9.17, 15) is 10.2 Å². The largest absolute Gasteiger partial charge is 0.395 e. The van der Waals surface area contributed by atoms with Crippen LogP contribution in [-0.2, 0) is 0 Å². The van der Waals surface area contributed by atoms with E-state index in [4.69, 9.17) is 5.11 Å². The van der Waals surface area contributed by atoms with Crippen LogP contribution in [0.15, 0.2) is 0 Å². The summed E-state index contributed by atoms with van der Waals surface area (Å²) in [5.74, 6) is -1.70. The molecule has 1 atom stereocenters. The van der Waals surface area contributed by atoms with Crippen LogP contribution in [0, 0.1) is 5.92 Å². The Morgan fingerprint density at radius 3 is 2.08 bits per heavy atom. The highest BCUT2D eigenvalue weighted by Crippen LogP contribution is 2.38. The van der Waals surface area contributed by atoms with Crippen molar-refractivity contribution in [1.29, 1.82) is 0 Å². The van der Waals surface area contributed by atoms with Gasteiger partial charge in [-0.3, -0.25) is 4.90 Å². The number of aliphatic hydroxyl groups is 3. The molecule has 3 rings (SSSR count). The number of rotatable bonds is 1. The van der Waals surface area contributed by atoms with E-state index in [1.807, 2.05) is 4.90 Å². The predicted molar refractivity (Wildman–Crippen MR) is 49.6 cm³/mol. The van der Waals surface area contributed by atoms with Gasteiger partial charge in [0.1, 0.15) is 0 Å². The van der Waals surface area contributed by atoms with Gasteiger partial charge in [-0.25, -0.2) is 0 Å². The van der Waals surface area contributed by atoms with Gasteiger partial charge in [-0.1, -0.05) is 0 Å². The lowest BCUT2D eigenvalue weighted by atomic mass is 9.78. The molecule has 1 unspecified atom stereocenters. The van der Waals surface area contributed by atoms with E-state index in [2.05, 4.69) is 0 Å². The van der Waals surface area contributed by atoms with E-state index in [0.29, 0.717) is 0 Å². The van der Waals surface area contributed by atoms with Gasteiger partial charge >= 0.3 is 0 Å². The molecule has 3 saturated heterocycles. The zero-order valence-electron chi connectivity index (χ0n) is 7.39. The van der Waals surface area contributed by atoms with Gasteiger partial charge in [0, 0.05) is 5.92 Å². The van der Waals surface area contributed by atoms with Crippen molar-refractivity contribution in [2.75, 3.05) is 19.7 Å². The molecule has 3 fully saturated rings. The average Bonchev–Trinajstić information content (AvgIpc) is 2.05. The van der Waals surface area contributed by atoms with E-state index in [-0.39, 0.29) is 24.9 Å². The van der Waals surface area contributed by atoms with Gasteiger partial charge in [-0.05, 0) is 25.9 Å². The normalized spacial score (nSPS) is 41.3. The highest BCUT2D eigenvalue weighted by Gasteiger charge is 2.51. The predicted octanol–water partition coefficient (Wildman–Crippen LogP) is -0.824. The molecule has 0 aromatic heterocycles. The monoisotopic (exact) mass is 209 g/mol. The van der Waals surface area contributed by atoms with Crippen LogP contribution in [0.2, 0.25) is 0 Å². The van der Waals surface area contributed by atoms with Crippen molar-refractivity contribution < 1.29 is 15.3 Å². The van der Waals surface area contributed by atoms with E-state index < -0.39 is 11.8 Å². The first kappa shape index (κ1) is 11.2. The van der Waals surface area contributed by atoms with Gasteiger partial charge in [0.15, 0.2) is 5.79 Å². The van der Waals surface area contributed by atoms with Crippen molar-refractivity contribution in [2.24, 2.45) is 5.92 Å². The summed E-state index contributed by atoms with van der Waals surface area (Å²) in [5.41, 5.74) is 0. The second-order valence-corrected chi connectivity index (χ2v) is 3.79. The Balaban J connectivity index is 0.000000845. The van der Waals surface area contributed by atoms with Crippen LogP contribution in [0.1, 0.15) is 12.8 Å². The number of aliphatic hydroxyl groups excluding tert-OH is 1. The van der Waals surface area contributed by atoms with E-state index in [1.165, 1.54) is 0 Å². The van der Waals surface area contributed by atoms with E-state index in [0.717, 1.165) is 25.9 Å². The molecule has 0 spiro atoms. The minimum Gasteiger partial charge on any atom is -0.395 e. The molecule has 3 aliphatic heterocycles. The molecule has 0 saturated carbocycles. The van der Waals surface area contributed by atoms with Crippen LogP contribution >= 0.6 is 12.4 Å². The molecule has 0 amide bonds. The molecule has 3 aliphatic rings. The fourth-order valence-corrected chi connectivity index (χ4v) is 2.43. The molecular formula is C8H16ClNO3. The minimum atomic E-state index is -1.66. The van der Waals surface area contributed by atoms with E-state index >= 15 is 0 Å². The first-order valence-electron chi connectivity index (χ1n) is 4.46. The summed E-state index contributed by atoms with van der Waals surface area (Å²) in [7, 11) is 0. The third kappa shape index (κ3) is 1.57. The molecule has 5 heteroatoms.